The highest BCUT2D eigenvalue weighted by Gasteiger charge is 2.37. The van der Waals surface area contributed by atoms with Crippen LogP contribution in [0.5, 0.6) is 0 Å². The average molecular weight is 211 g/mol. The molecule has 2 aliphatic rings. The Balaban J connectivity index is 1.82. The van der Waals surface area contributed by atoms with Crippen molar-refractivity contribution in [1.29, 1.82) is 5.26 Å². The van der Waals surface area contributed by atoms with Crippen molar-refractivity contribution in [2.75, 3.05) is 19.0 Å². The molecule has 1 saturated carbocycles. The summed E-state index contributed by atoms with van der Waals surface area (Å²) < 4.78 is 0. The molecule has 1 amide bonds. The normalized spacial score (nSPS) is 24.5. The first-order valence-electron chi connectivity index (χ1n) is 4.84. The van der Waals surface area contributed by atoms with Gasteiger partial charge in [-0.2, -0.15) is 5.26 Å². The number of hydrogen-bond donors (Lipinski definition) is 1. The van der Waals surface area contributed by atoms with E-state index in [1.54, 1.807) is 4.90 Å². The largest absolute Gasteiger partial charge is 0.320 e. The van der Waals surface area contributed by atoms with E-state index in [4.69, 9.17) is 5.26 Å². The molecule has 1 saturated heterocycles. The summed E-state index contributed by atoms with van der Waals surface area (Å²) in [5.74, 6) is 0.875. The molecule has 2 fully saturated rings. The number of nitriles is 1. The van der Waals surface area contributed by atoms with Crippen LogP contribution in [0, 0.1) is 11.3 Å². The molecule has 0 radical (unpaired) electrons. The molecule has 0 spiro atoms. The van der Waals surface area contributed by atoms with E-state index >= 15 is 0 Å². The maximum Gasteiger partial charge on any atom is 0.282 e. The third kappa shape index (κ3) is 1.72. The molecule has 1 heterocycles. The molecule has 76 valence electrons. The van der Waals surface area contributed by atoms with Crippen molar-refractivity contribution < 1.29 is 4.79 Å². The van der Waals surface area contributed by atoms with Crippen molar-refractivity contribution in [2.24, 2.45) is 0 Å². The number of nitrogens with one attached hydrogen (secondary N) is 1. The van der Waals surface area contributed by atoms with Crippen molar-refractivity contribution in [3.8, 4) is 6.07 Å². The van der Waals surface area contributed by atoms with E-state index < -0.39 is 0 Å². The maximum absolute atomic E-state index is 11.3. The number of nitrogens with zero attached hydrogens (tertiary/aromatic N) is 2. The molecular weight excluding hydrogens is 198 g/mol. The molecule has 14 heavy (non-hydrogen) atoms. The van der Waals surface area contributed by atoms with Crippen LogP contribution < -0.4 is 5.32 Å². The Morgan fingerprint density at radius 1 is 1.64 bits per heavy atom. The highest BCUT2D eigenvalue weighted by atomic mass is 32.2. The zero-order valence-corrected chi connectivity index (χ0v) is 8.77. The lowest BCUT2D eigenvalue weighted by Gasteiger charge is -2.37. The summed E-state index contributed by atoms with van der Waals surface area (Å²) >= 11 is 1.35. The molecule has 0 aromatic rings. The van der Waals surface area contributed by atoms with Gasteiger partial charge in [-0.25, -0.2) is 0 Å². The number of amides is 1. The van der Waals surface area contributed by atoms with Crippen LogP contribution in [0.4, 0.5) is 4.79 Å². The van der Waals surface area contributed by atoms with E-state index in [9.17, 15) is 4.79 Å². The zero-order chi connectivity index (χ0) is 10.0. The van der Waals surface area contributed by atoms with Crippen LogP contribution in [0.2, 0.25) is 0 Å². The summed E-state index contributed by atoms with van der Waals surface area (Å²) in [6.07, 6.45) is 2.95. The minimum Gasteiger partial charge on any atom is -0.320 e. The minimum atomic E-state index is -0.340. The van der Waals surface area contributed by atoms with Crippen LogP contribution in [0.3, 0.4) is 0 Å². The number of carbonyl (C=O) groups excluding carboxylic acids is 1. The van der Waals surface area contributed by atoms with Gasteiger partial charge in [0.25, 0.3) is 5.24 Å². The van der Waals surface area contributed by atoms with Crippen LogP contribution in [0.15, 0.2) is 0 Å². The van der Waals surface area contributed by atoms with Crippen molar-refractivity contribution in [3.05, 3.63) is 0 Å². The van der Waals surface area contributed by atoms with E-state index in [2.05, 4.69) is 11.4 Å². The monoisotopic (exact) mass is 211 g/mol. The Morgan fingerprint density at radius 3 is 2.86 bits per heavy atom. The molecule has 0 aromatic heterocycles. The van der Waals surface area contributed by atoms with Crippen molar-refractivity contribution in [3.63, 3.8) is 0 Å². The van der Waals surface area contributed by atoms with Gasteiger partial charge in [0.05, 0.1) is 12.7 Å². The van der Waals surface area contributed by atoms with Gasteiger partial charge in [-0.3, -0.25) is 10.1 Å². The topological polar surface area (TPSA) is 56.1 Å². The maximum atomic E-state index is 11.3. The van der Waals surface area contributed by atoms with Crippen molar-refractivity contribution in [1.82, 2.24) is 10.2 Å². The smallest absolute Gasteiger partial charge is 0.282 e. The number of hydrogen-bond acceptors (Lipinski definition) is 4. The van der Waals surface area contributed by atoms with Gasteiger partial charge in [0, 0.05) is 12.3 Å². The lowest BCUT2D eigenvalue weighted by Crippen LogP contribution is -2.53. The number of thioether (sulfide) groups is 1. The SMILES string of the molecule is N#CC1(NCN2CCSC2=O)CCC1. The predicted octanol–water partition coefficient (Wildman–Crippen LogP) is 1.15. The number of carbonyl (C=O) groups is 1. The van der Waals surface area contributed by atoms with Gasteiger partial charge in [-0.15, -0.1) is 0 Å². The molecule has 0 unspecified atom stereocenters. The molecule has 1 aliphatic carbocycles. The Labute approximate surface area is 87.6 Å². The van der Waals surface area contributed by atoms with Gasteiger partial charge in [0.2, 0.25) is 0 Å². The van der Waals surface area contributed by atoms with Crippen LogP contribution >= 0.6 is 11.8 Å². The second-order valence-corrected chi connectivity index (χ2v) is 4.81. The molecule has 5 heteroatoms. The molecule has 0 aromatic carbocycles. The second kappa shape index (κ2) is 3.79. The summed E-state index contributed by atoms with van der Waals surface area (Å²) in [5, 5.41) is 12.3. The van der Waals surface area contributed by atoms with Gasteiger partial charge in [0.1, 0.15) is 5.54 Å². The third-order valence-corrected chi connectivity index (χ3v) is 3.77. The fourth-order valence-electron chi connectivity index (χ4n) is 1.67. The van der Waals surface area contributed by atoms with Gasteiger partial charge >= 0.3 is 0 Å². The first-order valence-corrected chi connectivity index (χ1v) is 5.82. The molecule has 0 atom stereocenters. The van der Waals surface area contributed by atoms with E-state index in [0.717, 1.165) is 31.6 Å². The van der Waals surface area contributed by atoms with E-state index in [-0.39, 0.29) is 10.8 Å². The highest BCUT2D eigenvalue weighted by Crippen LogP contribution is 2.31. The standard InChI is InChI=1S/C9H13N3OS/c10-6-9(2-1-3-9)11-7-12-4-5-14-8(12)13/h11H,1-5,7H2. The van der Waals surface area contributed by atoms with Gasteiger partial charge in [-0.05, 0) is 19.3 Å². The second-order valence-electron chi connectivity index (χ2n) is 3.76. The van der Waals surface area contributed by atoms with Gasteiger partial charge in [-0.1, -0.05) is 11.8 Å². The molecule has 0 bridgehead atoms. The summed E-state index contributed by atoms with van der Waals surface area (Å²) in [7, 11) is 0. The van der Waals surface area contributed by atoms with E-state index in [1.165, 1.54) is 11.8 Å². The fraction of sp³-hybridized carbons (Fsp3) is 0.778. The summed E-state index contributed by atoms with van der Waals surface area (Å²) in [6.45, 7) is 1.33. The van der Waals surface area contributed by atoms with Crippen LogP contribution in [0.1, 0.15) is 19.3 Å². The first-order chi connectivity index (χ1) is 6.76. The van der Waals surface area contributed by atoms with Crippen LogP contribution in [-0.4, -0.2) is 34.6 Å². The van der Waals surface area contributed by atoms with Crippen molar-refractivity contribution >= 4 is 17.0 Å². The number of rotatable bonds is 3. The molecule has 4 nitrogen and oxygen atoms in total. The van der Waals surface area contributed by atoms with E-state index in [1.807, 2.05) is 0 Å². The van der Waals surface area contributed by atoms with E-state index in [0.29, 0.717) is 6.67 Å². The highest BCUT2D eigenvalue weighted by molar-refractivity contribution is 8.13. The Kier molecular flexibility index (Phi) is 2.66. The zero-order valence-electron chi connectivity index (χ0n) is 7.95. The molecule has 2 rings (SSSR count). The predicted molar refractivity (Wildman–Crippen MR) is 54.8 cm³/mol. The van der Waals surface area contributed by atoms with Gasteiger partial charge in [0.15, 0.2) is 0 Å². The average Bonchev–Trinajstić information content (AvgIpc) is 2.51. The summed E-state index contributed by atoms with van der Waals surface area (Å²) in [5.41, 5.74) is -0.340. The Morgan fingerprint density at radius 2 is 2.43 bits per heavy atom. The first kappa shape index (κ1) is 9.81. The van der Waals surface area contributed by atoms with Crippen LogP contribution in [0.25, 0.3) is 0 Å². The van der Waals surface area contributed by atoms with Gasteiger partial charge < -0.3 is 4.90 Å². The fourth-order valence-corrected chi connectivity index (χ4v) is 2.50. The Bertz CT molecular complexity index is 282. The lowest BCUT2D eigenvalue weighted by atomic mass is 9.78. The quantitative estimate of drug-likeness (QED) is 0.760. The Hall–Kier alpha value is -0.730. The molecule has 1 aliphatic heterocycles. The molecular formula is C9H13N3OS. The molecule has 1 N–H and O–H groups in total. The summed E-state index contributed by atoms with van der Waals surface area (Å²) in [4.78, 5) is 13.0. The van der Waals surface area contributed by atoms with Crippen LogP contribution in [-0.2, 0) is 0 Å². The van der Waals surface area contributed by atoms with Crippen molar-refractivity contribution in [2.45, 2.75) is 24.8 Å². The lowest BCUT2D eigenvalue weighted by molar-refractivity contribution is 0.193. The third-order valence-electron chi connectivity index (χ3n) is 2.87. The summed E-state index contributed by atoms with van der Waals surface area (Å²) in [6, 6.07) is 2.30. The minimum absolute atomic E-state index is 0.130.